The van der Waals surface area contributed by atoms with Crippen molar-refractivity contribution in [3.05, 3.63) is 45.5 Å². The van der Waals surface area contributed by atoms with Crippen molar-refractivity contribution in [3.8, 4) is 0 Å². The van der Waals surface area contributed by atoms with Crippen LogP contribution in [0.5, 0.6) is 0 Å². The van der Waals surface area contributed by atoms with E-state index in [2.05, 4.69) is 0 Å². The lowest BCUT2D eigenvalue weighted by molar-refractivity contribution is 0.0385. The molecule has 0 bridgehead atoms. The van der Waals surface area contributed by atoms with E-state index in [1.54, 1.807) is 11.5 Å². The molecule has 0 radical (unpaired) electrons. The zero-order valence-corrected chi connectivity index (χ0v) is 10.5. The maximum Gasteiger partial charge on any atom is 0.189 e. The van der Waals surface area contributed by atoms with Crippen LogP contribution in [0.25, 0.3) is 10.9 Å². The molecule has 5 heteroatoms. The van der Waals surface area contributed by atoms with Crippen LogP contribution < -0.4 is 5.43 Å². The molecule has 3 rings (SSSR count). The zero-order valence-electron chi connectivity index (χ0n) is 10.5. The second kappa shape index (κ2) is 3.88. The highest BCUT2D eigenvalue weighted by Crippen LogP contribution is 2.36. The number of hydrogen-bond donors (Lipinski definition) is 2. The predicted molar refractivity (Wildman–Crippen MR) is 68.3 cm³/mol. The molecule has 2 heterocycles. The van der Waals surface area contributed by atoms with Crippen molar-refractivity contribution in [1.29, 1.82) is 0 Å². The van der Waals surface area contributed by atoms with Gasteiger partial charge in [-0.05, 0) is 25.5 Å². The van der Waals surface area contributed by atoms with E-state index < -0.39 is 11.4 Å². The minimum atomic E-state index is -1.17. The molecule has 1 unspecified atom stereocenters. The van der Waals surface area contributed by atoms with Crippen LogP contribution >= 0.6 is 0 Å². The van der Waals surface area contributed by atoms with E-state index in [0.717, 1.165) is 0 Å². The van der Waals surface area contributed by atoms with Crippen molar-refractivity contribution in [2.75, 3.05) is 0 Å². The summed E-state index contributed by atoms with van der Waals surface area (Å²) in [4.78, 5) is 12.0. The Kier molecular flexibility index (Phi) is 2.52. The minimum Gasteiger partial charge on any atom is -0.390 e. The van der Waals surface area contributed by atoms with Gasteiger partial charge in [-0.1, -0.05) is 0 Å². The Morgan fingerprint density at radius 1 is 1.42 bits per heavy atom. The molecule has 0 fully saturated rings. The first-order valence-electron chi connectivity index (χ1n) is 6.14. The fourth-order valence-electron chi connectivity index (χ4n) is 2.79. The summed E-state index contributed by atoms with van der Waals surface area (Å²) in [5.74, 6) is -0.537. The van der Waals surface area contributed by atoms with Crippen LogP contribution in [-0.4, -0.2) is 14.8 Å². The van der Waals surface area contributed by atoms with Gasteiger partial charge in [0.1, 0.15) is 5.82 Å². The molecule has 1 atom stereocenters. The van der Waals surface area contributed by atoms with E-state index in [4.69, 9.17) is 0 Å². The lowest BCUT2D eigenvalue weighted by Crippen LogP contribution is -2.32. The van der Waals surface area contributed by atoms with E-state index in [-0.39, 0.29) is 17.4 Å². The number of benzene rings is 1. The highest BCUT2D eigenvalue weighted by atomic mass is 19.1. The number of nitrogens with zero attached hydrogens (tertiary/aromatic N) is 1. The number of hydrogen-bond acceptors (Lipinski definition) is 3. The Morgan fingerprint density at radius 2 is 2.16 bits per heavy atom. The highest BCUT2D eigenvalue weighted by Gasteiger charge is 2.32. The molecule has 2 N–H and O–H groups in total. The van der Waals surface area contributed by atoms with E-state index in [0.29, 0.717) is 29.7 Å². The van der Waals surface area contributed by atoms with Crippen molar-refractivity contribution in [2.45, 2.75) is 32.1 Å². The molecular formula is C14H14FNO3. The summed E-state index contributed by atoms with van der Waals surface area (Å²) >= 11 is 0. The average molecular weight is 263 g/mol. The number of pyridine rings is 1. The van der Waals surface area contributed by atoms with Gasteiger partial charge in [-0.15, -0.1) is 0 Å². The van der Waals surface area contributed by atoms with E-state index in [1.807, 2.05) is 0 Å². The van der Waals surface area contributed by atoms with Crippen molar-refractivity contribution in [1.82, 2.24) is 4.57 Å². The van der Waals surface area contributed by atoms with Crippen LogP contribution in [0.1, 0.15) is 24.6 Å². The smallest absolute Gasteiger partial charge is 0.189 e. The van der Waals surface area contributed by atoms with Gasteiger partial charge in [0.2, 0.25) is 0 Å². The molecule has 100 valence electrons. The van der Waals surface area contributed by atoms with E-state index in [9.17, 15) is 19.4 Å². The second-order valence-electron chi connectivity index (χ2n) is 5.18. The third-order valence-corrected chi connectivity index (χ3v) is 3.82. The third kappa shape index (κ3) is 1.69. The Labute approximate surface area is 108 Å². The summed E-state index contributed by atoms with van der Waals surface area (Å²) < 4.78 is 15.4. The van der Waals surface area contributed by atoms with Gasteiger partial charge in [-0.2, -0.15) is 0 Å². The summed E-state index contributed by atoms with van der Waals surface area (Å²) in [5.41, 5.74) is -0.0918. The van der Waals surface area contributed by atoms with Gasteiger partial charge in [0, 0.05) is 29.3 Å². The number of aryl methyl sites for hydroxylation is 1. The molecule has 0 amide bonds. The first-order chi connectivity index (χ1) is 8.94. The Hall–Kier alpha value is -1.72. The fraction of sp³-hybridized carbons (Fsp3) is 0.357. The Morgan fingerprint density at radius 3 is 2.84 bits per heavy atom. The van der Waals surface area contributed by atoms with Crippen LogP contribution in [0, 0.1) is 5.82 Å². The van der Waals surface area contributed by atoms with Crippen molar-refractivity contribution in [2.24, 2.45) is 0 Å². The van der Waals surface area contributed by atoms with Gasteiger partial charge in [0.25, 0.3) is 0 Å². The molecule has 1 aromatic heterocycles. The molecule has 0 saturated carbocycles. The van der Waals surface area contributed by atoms with Crippen LogP contribution in [0.2, 0.25) is 0 Å². The maximum absolute atomic E-state index is 13.6. The van der Waals surface area contributed by atoms with Crippen LogP contribution in [0.4, 0.5) is 4.39 Å². The molecule has 4 nitrogen and oxygen atoms in total. The Bertz CT molecular complexity index is 734. The quantitative estimate of drug-likeness (QED) is 0.813. The molecule has 0 saturated heterocycles. The van der Waals surface area contributed by atoms with Crippen LogP contribution in [-0.2, 0) is 18.8 Å². The summed E-state index contributed by atoms with van der Waals surface area (Å²) in [6.07, 6.45) is 0.411. The van der Waals surface area contributed by atoms with Crippen LogP contribution in [0.3, 0.4) is 0 Å². The topological polar surface area (TPSA) is 62.5 Å². The van der Waals surface area contributed by atoms with Crippen molar-refractivity contribution in [3.63, 3.8) is 0 Å². The lowest BCUT2D eigenvalue weighted by Gasteiger charge is -2.33. The zero-order chi connectivity index (χ0) is 13.8. The first-order valence-corrected chi connectivity index (χ1v) is 6.14. The minimum absolute atomic E-state index is 0.243. The fourth-order valence-corrected chi connectivity index (χ4v) is 2.79. The molecule has 19 heavy (non-hydrogen) atoms. The third-order valence-electron chi connectivity index (χ3n) is 3.82. The van der Waals surface area contributed by atoms with E-state index in [1.165, 1.54) is 18.2 Å². The lowest BCUT2D eigenvalue weighted by atomic mass is 9.87. The number of aliphatic hydroxyl groups excluding tert-OH is 1. The molecular weight excluding hydrogens is 249 g/mol. The standard InChI is InChI=1S/C14H14FNO3/c1-14(19)2-3-16-9(7-17)6-12(18)10-4-8(15)5-11(14)13(10)16/h4-6,17,19H,2-3,7H2,1H3. The monoisotopic (exact) mass is 263 g/mol. The van der Waals surface area contributed by atoms with E-state index >= 15 is 0 Å². The van der Waals surface area contributed by atoms with Crippen molar-refractivity contribution >= 4 is 10.9 Å². The van der Waals surface area contributed by atoms with Crippen molar-refractivity contribution < 1.29 is 14.6 Å². The summed E-state index contributed by atoms with van der Waals surface area (Å²) in [6.45, 7) is 1.84. The Balaban J connectivity index is 2.55. The maximum atomic E-state index is 13.6. The number of aliphatic hydroxyl groups is 2. The summed E-state index contributed by atoms with van der Waals surface area (Å²) in [5, 5.41) is 20.0. The normalized spacial score (nSPS) is 21.9. The SMILES string of the molecule is CC1(O)CCn2c(CO)cc(=O)c3cc(F)cc1c32. The number of rotatable bonds is 1. The van der Waals surface area contributed by atoms with Gasteiger partial charge in [-0.3, -0.25) is 4.79 Å². The second-order valence-corrected chi connectivity index (χ2v) is 5.18. The highest BCUT2D eigenvalue weighted by molar-refractivity contribution is 5.84. The van der Waals surface area contributed by atoms with Gasteiger partial charge in [0.05, 0.1) is 17.7 Å². The number of aromatic nitrogens is 1. The van der Waals surface area contributed by atoms with Gasteiger partial charge < -0.3 is 14.8 Å². The molecule has 1 aliphatic heterocycles. The van der Waals surface area contributed by atoms with Gasteiger partial charge >= 0.3 is 0 Å². The largest absolute Gasteiger partial charge is 0.390 e. The molecule has 0 spiro atoms. The number of halogens is 1. The summed E-state index contributed by atoms with van der Waals surface area (Å²) in [6, 6.07) is 3.77. The van der Waals surface area contributed by atoms with Gasteiger partial charge in [0.15, 0.2) is 5.43 Å². The first kappa shape index (κ1) is 12.3. The molecule has 2 aromatic rings. The predicted octanol–water partition coefficient (Wildman–Crippen LogP) is 1.24. The summed E-state index contributed by atoms with van der Waals surface area (Å²) in [7, 11) is 0. The molecule has 0 aliphatic carbocycles. The molecule has 1 aliphatic rings. The van der Waals surface area contributed by atoms with Crippen LogP contribution in [0.15, 0.2) is 23.0 Å². The molecule has 1 aromatic carbocycles. The van der Waals surface area contributed by atoms with Gasteiger partial charge in [-0.25, -0.2) is 4.39 Å². The average Bonchev–Trinajstić information content (AvgIpc) is 2.36.